The summed E-state index contributed by atoms with van der Waals surface area (Å²) < 4.78 is 7.58. The van der Waals surface area contributed by atoms with E-state index in [0.29, 0.717) is 53.9 Å². The molecule has 4 fully saturated rings. The first kappa shape index (κ1) is 50.3. The highest BCUT2D eigenvalue weighted by molar-refractivity contribution is 6.76. The van der Waals surface area contributed by atoms with Gasteiger partial charge in [-0.1, -0.05) is 57.8 Å². The van der Waals surface area contributed by atoms with Crippen LogP contribution in [-0.2, 0) is 30.6 Å². The number of amides is 4. The van der Waals surface area contributed by atoms with Crippen LogP contribution in [0.3, 0.4) is 0 Å². The van der Waals surface area contributed by atoms with Crippen LogP contribution in [0.1, 0.15) is 62.7 Å². The number of hydrogen-bond acceptors (Lipinski definition) is 12. The molecular weight excluding hydrogens is 877 g/mol. The van der Waals surface area contributed by atoms with E-state index in [2.05, 4.69) is 125 Å². The first-order valence-electron chi connectivity index (χ1n) is 24.4. The summed E-state index contributed by atoms with van der Waals surface area (Å²) >= 11 is 0. The topological polar surface area (TPSA) is 192 Å². The van der Waals surface area contributed by atoms with Crippen LogP contribution in [0, 0.1) is 11.8 Å². The van der Waals surface area contributed by atoms with E-state index in [0.717, 1.165) is 101 Å². The maximum Gasteiger partial charge on any atom is 0.314 e. The number of carbonyl (C=O) groups is 4. The molecule has 4 aliphatic heterocycles. The number of hydrogen-bond donors (Lipinski definition) is 3. The first-order chi connectivity index (χ1) is 32.4. The van der Waals surface area contributed by atoms with Gasteiger partial charge in [-0.05, 0) is 93.1 Å². The Balaban J connectivity index is 0.000000232. The molecule has 4 amide bonds. The van der Waals surface area contributed by atoms with Crippen molar-refractivity contribution in [3.05, 3.63) is 72.1 Å². The number of likely N-dealkylation sites (N-methyl/N-ethyl adjacent to an activating group) is 2. The summed E-state index contributed by atoms with van der Waals surface area (Å²) in [6.07, 6.45) is 6.82. The molecule has 2 aromatic carbocycles. The fourth-order valence-electron chi connectivity index (χ4n) is 9.72. The Morgan fingerprint density at radius 3 is 1.75 bits per heavy atom. The number of anilines is 4. The zero-order valence-electron chi connectivity index (χ0n) is 41.3. The molecule has 4 aromatic rings. The van der Waals surface area contributed by atoms with Gasteiger partial charge in [0.15, 0.2) is 0 Å². The molecule has 6 heterocycles. The summed E-state index contributed by atoms with van der Waals surface area (Å²) in [4.78, 5) is 68.2. The third kappa shape index (κ3) is 12.5. The number of carbonyl (C=O) groups excluding carboxylic acids is 4. The van der Waals surface area contributed by atoms with Gasteiger partial charge in [0.25, 0.3) is 0 Å². The standard InChI is InChI=1S/C31H46N8O3Si.C19H28N4O2/c1-22-9-10-27(23-7-6-8-24(17-23)37-13-11-36(2)12-14-37)38(20-22)31(41)30(40)35-26-19-33-29(32)25-18-34-39(28(25)26)21-42-15-16-43(3,4)5;1-14-6-7-17(23(13-14)19(25)18(20)24)15-4-3-5-16(12-15)22-10-8-21(2)9-11-22/h6-8,17-19,22,27H,9-16,20-21H2,1-5H3,(H2,32,33)(H,35,40);3-5,12,14,17H,6-11,13H2,1-2H3,(H2,20,24)/t22-,27+;14-,17+/m00/s1. The molecule has 0 radical (unpaired) electrons. The average Bonchev–Trinajstić information content (AvgIpc) is 3.76. The highest BCUT2D eigenvalue weighted by Crippen LogP contribution is 2.37. The van der Waals surface area contributed by atoms with Crippen molar-refractivity contribution in [1.29, 1.82) is 0 Å². The molecular formula is C50H74N12O5Si. The molecule has 2 aromatic heterocycles. The number of nitrogens with two attached hydrogens (primary N) is 2. The van der Waals surface area contributed by atoms with Gasteiger partial charge in [0.1, 0.15) is 12.5 Å². The van der Waals surface area contributed by atoms with Gasteiger partial charge in [-0.3, -0.25) is 19.2 Å². The van der Waals surface area contributed by atoms with Crippen molar-refractivity contribution in [3.8, 4) is 0 Å². The van der Waals surface area contributed by atoms with Gasteiger partial charge in [0.2, 0.25) is 0 Å². The number of fused-ring (bicyclic) bond motifs is 1. The molecule has 68 heavy (non-hydrogen) atoms. The van der Waals surface area contributed by atoms with E-state index < -0.39 is 31.7 Å². The molecule has 4 atom stereocenters. The smallest absolute Gasteiger partial charge is 0.314 e. The second kappa shape index (κ2) is 22.2. The molecule has 0 aliphatic carbocycles. The van der Waals surface area contributed by atoms with Crippen molar-refractivity contribution in [2.45, 2.75) is 84.0 Å². The van der Waals surface area contributed by atoms with Gasteiger partial charge in [0.05, 0.1) is 41.1 Å². The van der Waals surface area contributed by atoms with Gasteiger partial charge in [0, 0.05) is 91.5 Å². The Morgan fingerprint density at radius 1 is 0.735 bits per heavy atom. The Morgan fingerprint density at radius 2 is 1.25 bits per heavy atom. The van der Waals surface area contributed by atoms with Gasteiger partial charge in [-0.15, -0.1) is 0 Å². The number of rotatable bonds is 10. The molecule has 0 saturated carbocycles. The van der Waals surface area contributed by atoms with Gasteiger partial charge < -0.3 is 50.9 Å². The van der Waals surface area contributed by atoms with E-state index in [1.165, 1.54) is 11.9 Å². The van der Waals surface area contributed by atoms with E-state index >= 15 is 0 Å². The van der Waals surface area contributed by atoms with Crippen LogP contribution in [0.2, 0.25) is 25.7 Å². The summed E-state index contributed by atoms with van der Waals surface area (Å²) in [6, 6.07) is 17.7. The minimum absolute atomic E-state index is 0.0661. The number of piperidine rings is 2. The largest absolute Gasteiger partial charge is 0.383 e. The van der Waals surface area contributed by atoms with Crippen LogP contribution in [0.5, 0.6) is 0 Å². The Labute approximate surface area is 403 Å². The fraction of sp³-hybridized carbons (Fsp3) is 0.560. The Kier molecular flexibility index (Phi) is 16.5. The second-order valence-corrected chi connectivity index (χ2v) is 26.3. The zero-order valence-corrected chi connectivity index (χ0v) is 42.3. The van der Waals surface area contributed by atoms with Crippen molar-refractivity contribution >= 4 is 65.5 Å². The lowest BCUT2D eigenvalue weighted by atomic mass is 9.89. The number of nitrogen functional groups attached to an aromatic ring is 1. The number of nitrogens with one attached hydrogen (secondary N) is 1. The molecule has 4 saturated heterocycles. The third-order valence-corrected chi connectivity index (χ3v) is 15.7. The number of piperazine rings is 2. The summed E-state index contributed by atoms with van der Waals surface area (Å²) in [7, 11) is 3.05. The van der Waals surface area contributed by atoms with Crippen molar-refractivity contribution in [3.63, 3.8) is 0 Å². The van der Waals surface area contributed by atoms with Crippen molar-refractivity contribution in [1.82, 2.24) is 34.4 Å². The molecule has 17 nitrogen and oxygen atoms in total. The lowest BCUT2D eigenvalue weighted by Crippen LogP contribution is -2.47. The molecule has 0 unspecified atom stereocenters. The number of benzene rings is 2. The molecule has 368 valence electrons. The van der Waals surface area contributed by atoms with Crippen LogP contribution in [0.4, 0.5) is 22.9 Å². The lowest BCUT2D eigenvalue weighted by Gasteiger charge is -2.39. The normalized spacial score (nSPS) is 21.9. The van der Waals surface area contributed by atoms with E-state index in [1.807, 2.05) is 6.07 Å². The maximum atomic E-state index is 13.8. The van der Waals surface area contributed by atoms with Crippen LogP contribution >= 0.6 is 0 Å². The average molecular weight is 951 g/mol. The van der Waals surface area contributed by atoms with Gasteiger partial charge in [-0.25, -0.2) is 9.67 Å². The quantitative estimate of drug-likeness (QED) is 0.107. The molecule has 4 aliphatic rings. The Bertz CT molecular complexity index is 2390. The van der Waals surface area contributed by atoms with E-state index in [9.17, 15) is 19.2 Å². The summed E-state index contributed by atoms with van der Waals surface area (Å²) in [5.74, 6) is -1.69. The van der Waals surface area contributed by atoms with Crippen molar-refractivity contribution in [2.75, 3.05) is 107 Å². The van der Waals surface area contributed by atoms with Gasteiger partial charge in [-0.2, -0.15) is 5.10 Å². The number of ether oxygens (including phenoxy) is 1. The number of pyridine rings is 1. The Hall–Kier alpha value is -5.56. The zero-order chi connectivity index (χ0) is 48.7. The molecule has 0 bridgehead atoms. The van der Waals surface area contributed by atoms with Crippen molar-refractivity contribution < 1.29 is 23.9 Å². The van der Waals surface area contributed by atoms with Crippen LogP contribution in [-0.4, -0.2) is 152 Å². The van der Waals surface area contributed by atoms with Crippen molar-refractivity contribution in [2.24, 2.45) is 17.6 Å². The predicted octanol–water partition coefficient (Wildman–Crippen LogP) is 5.24. The van der Waals surface area contributed by atoms with Crippen LogP contribution in [0.25, 0.3) is 10.9 Å². The molecule has 0 spiro atoms. The molecule has 8 rings (SSSR count). The third-order valence-electron chi connectivity index (χ3n) is 14.0. The fourth-order valence-corrected chi connectivity index (χ4v) is 10.5. The van der Waals surface area contributed by atoms with E-state index in [-0.39, 0.29) is 18.8 Å². The minimum atomic E-state index is -1.24. The highest BCUT2D eigenvalue weighted by atomic mass is 28.3. The summed E-state index contributed by atoms with van der Waals surface area (Å²) in [5.41, 5.74) is 16.9. The van der Waals surface area contributed by atoms with Crippen LogP contribution in [0.15, 0.2) is 60.9 Å². The van der Waals surface area contributed by atoms with Crippen LogP contribution < -0.4 is 26.6 Å². The van der Waals surface area contributed by atoms with E-state index in [4.69, 9.17) is 16.2 Å². The lowest BCUT2D eigenvalue weighted by molar-refractivity contribution is -0.147. The minimum Gasteiger partial charge on any atom is -0.383 e. The molecule has 18 heteroatoms. The summed E-state index contributed by atoms with van der Waals surface area (Å²) in [6.45, 7) is 21.2. The predicted molar refractivity (Wildman–Crippen MR) is 272 cm³/mol. The number of nitrogens with zero attached hydrogens (tertiary/aromatic N) is 9. The number of likely N-dealkylation sites (tertiary alicyclic amines) is 2. The molecule has 5 N–H and O–H groups in total. The first-order valence-corrected chi connectivity index (χ1v) is 28.1. The maximum absolute atomic E-state index is 13.8. The highest BCUT2D eigenvalue weighted by Gasteiger charge is 2.36. The summed E-state index contributed by atoms with van der Waals surface area (Å²) in [5, 5.41) is 7.87. The second-order valence-electron chi connectivity index (χ2n) is 20.7. The van der Waals surface area contributed by atoms with Gasteiger partial charge >= 0.3 is 23.6 Å². The monoisotopic (exact) mass is 951 g/mol. The number of aromatic nitrogens is 3. The van der Waals surface area contributed by atoms with E-state index in [1.54, 1.807) is 20.7 Å². The SMILES string of the molecule is C[C@H]1CC[C@H](c2cccc(N3CCN(C)CC3)c2)N(C(=O)C(=O)Nc2cnc(N)c3cnn(COCC[Si](C)(C)C)c23)C1.C[C@H]1CC[C@H](c2cccc(N3CCN(C)CC3)c2)N(C(=O)C(N)=O)C1. The number of primary amides is 1.